The summed E-state index contributed by atoms with van der Waals surface area (Å²) in [6, 6.07) is 1.73. The Morgan fingerprint density at radius 2 is 2.00 bits per heavy atom. The predicted molar refractivity (Wildman–Crippen MR) is 102 cm³/mol. The van der Waals surface area contributed by atoms with Crippen LogP contribution in [0.25, 0.3) is 5.52 Å². The molecule has 0 unspecified atom stereocenters. The third-order valence-corrected chi connectivity index (χ3v) is 4.92. The third kappa shape index (κ3) is 3.90. The molecule has 27 heavy (non-hydrogen) atoms. The van der Waals surface area contributed by atoms with Crippen molar-refractivity contribution < 1.29 is 9.90 Å². The van der Waals surface area contributed by atoms with Crippen LogP contribution in [0.1, 0.15) is 71.8 Å². The second kappa shape index (κ2) is 6.44. The van der Waals surface area contributed by atoms with Gasteiger partial charge in [0.15, 0.2) is 5.82 Å². The third-order valence-electron chi connectivity index (χ3n) is 4.92. The van der Waals surface area contributed by atoms with E-state index in [1.165, 1.54) is 4.68 Å². The standard InChI is InChI=1S/C19H29N5O3/c1-11(2)16-22-23(10-15(25)20-12-8-19(6,27)9-12)17(26)13-7-14(18(3,4)5)21-24(13)16/h7,11-12,27H,8-10H2,1-6H3,(H,20,25). The molecule has 0 aromatic carbocycles. The smallest absolute Gasteiger partial charge is 0.293 e. The largest absolute Gasteiger partial charge is 0.390 e. The second-order valence-corrected chi connectivity index (χ2v) is 9.22. The molecule has 0 saturated heterocycles. The molecule has 8 nitrogen and oxygen atoms in total. The van der Waals surface area contributed by atoms with E-state index in [1.807, 2.05) is 34.6 Å². The summed E-state index contributed by atoms with van der Waals surface area (Å²) < 4.78 is 2.82. The van der Waals surface area contributed by atoms with Gasteiger partial charge in [0.25, 0.3) is 5.56 Å². The van der Waals surface area contributed by atoms with Crippen LogP contribution in [-0.2, 0) is 16.8 Å². The lowest BCUT2D eigenvalue weighted by Crippen LogP contribution is -2.54. The van der Waals surface area contributed by atoms with Crippen molar-refractivity contribution in [3.63, 3.8) is 0 Å². The van der Waals surface area contributed by atoms with Gasteiger partial charge in [-0.1, -0.05) is 34.6 Å². The lowest BCUT2D eigenvalue weighted by Gasteiger charge is -2.41. The minimum atomic E-state index is -0.711. The Balaban J connectivity index is 1.92. The summed E-state index contributed by atoms with van der Waals surface area (Å²) in [6.07, 6.45) is 1.05. The minimum Gasteiger partial charge on any atom is -0.390 e. The fourth-order valence-electron chi connectivity index (χ4n) is 3.40. The maximum absolute atomic E-state index is 12.9. The molecule has 0 aliphatic heterocycles. The average Bonchev–Trinajstić information content (AvgIpc) is 2.93. The maximum Gasteiger partial charge on any atom is 0.293 e. The molecule has 148 valence electrons. The van der Waals surface area contributed by atoms with E-state index in [4.69, 9.17) is 0 Å². The Bertz CT molecular complexity index is 925. The van der Waals surface area contributed by atoms with Crippen LogP contribution in [0.15, 0.2) is 10.9 Å². The minimum absolute atomic E-state index is 0.0388. The van der Waals surface area contributed by atoms with Crippen molar-refractivity contribution in [2.24, 2.45) is 0 Å². The zero-order valence-corrected chi connectivity index (χ0v) is 16.9. The highest BCUT2D eigenvalue weighted by molar-refractivity contribution is 5.76. The van der Waals surface area contributed by atoms with E-state index in [0.29, 0.717) is 24.2 Å². The summed E-state index contributed by atoms with van der Waals surface area (Å²) >= 11 is 0. The number of nitrogens with one attached hydrogen (secondary N) is 1. The number of nitrogens with zero attached hydrogens (tertiary/aromatic N) is 4. The Morgan fingerprint density at radius 1 is 1.37 bits per heavy atom. The summed E-state index contributed by atoms with van der Waals surface area (Å²) in [5, 5.41) is 21.6. The average molecular weight is 375 g/mol. The normalized spacial score (nSPS) is 22.9. The molecular weight excluding hydrogens is 346 g/mol. The van der Waals surface area contributed by atoms with Crippen LogP contribution in [-0.4, -0.2) is 42.1 Å². The SMILES string of the molecule is CC(C)c1nn(CC(=O)NC2CC(C)(O)C2)c(=O)c2cc(C(C)(C)C)nn12. The van der Waals surface area contributed by atoms with Gasteiger partial charge >= 0.3 is 0 Å². The molecule has 0 radical (unpaired) electrons. The Kier molecular flexibility index (Phi) is 4.66. The Morgan fingerprint density at radius 3 is 2.52 bits per heavy atom. The number of rotatable bonds is 4. The molecular formula is C19H29N5O3. The summed E-state index contributed by atoms with van der Waals surface area (Å²) in [4.78, 5) is 25.2. The number of hydrogen-bond donors (Lipinski definition) is 2. The first-order chi connectivity index (χ1) is 12.4. The van der Waals surface area contributed by atoms with Crippen molar-refractivity contribution >= 4 is 11.4 Å². The Hall–Kier alpha value is -2.22. The van der Waals surface area contributed by atoms with E-state index in [0.717, 1.165) is 5.69 Å². The molecule has 0 atom stereocenters. The van der Waals surface area contributed by atoms with E-state index in [1.54, 1.807) is 17.5 Å². The number of aliphatic hydroxyl groups is 1. The van der Waals surface area contributed by atoms with Gasteiger partial charge in [0, 0.05) is 17.4 Å². The molecule has 8 heteroatoms. The Labute approximate surface area is 158 Å². The van der Waals surface area contributed by atoms with Crippen LogP contribution in [0.2, 0.25) is 0 Å². The number of aromatic nitrogens is 4. The summed E-state index contributed by atoms with van der Waals surface area (Å²) in [5.74, 6) is 0.399. The number of carbonyl (C=O) groups excluding carboxylic acids is 1. The molecule has 1 aliphatic carbocycles. The van der Waals surface area contributed by atoms with Crippen LogP contribution in [0, 0.1) is 0 Å². The van der Waals surface area contributed by atoms with Gasteiger partial charge in [-0.3, -0.25) is 9.59 Å². The van der Waals surface area contributed by atoms with Gasteiger partial charge in [-0.25, -0.2) is 9.20 Å². The topological polar surface area (TPSA) is 102 Å². The predicted octanol–water partition coefficient (Wildman–Crippen LogP) is 1.34. The zero-order valence-electron chi connectivity index (χ0n) is 16.9. The molecule has 2 heterocycles. The number of fused-ring (bicyclic) bond motifs is 1. The molecule has 3 rings (SSSR count). The van der Waals surface area contributed by atoms with E-state index < -0.39 is 5.60 Å². The molecule has 1 saturated carbocycles. The lowest BCUT2D eigenvalue weighted by molar-refractivity contribution is -0.125. The second-order valence-electron chi connectivity index (χ2n) is 9.22. The quantitative estimate of drug-likeness (QED) is 0.840. The lowest BCUT2D eigenvalue weighted by atomic mass is 9.77. The van der Waals surface area contributed by atoms with Gasteiger partial charge in [-0.2, -0.15) is 10.2 Å². The molecule has 0 spiro atoms. The van der Waals surface area contributed by atoms with Crippen molar-refractivity contribution in [1.82, 2.24) is 24.7 Å². The molecule has 2 aromatic rings. The summed E-state index contributed by atoms with van der Waals surface area (Å²) in [5.41, 5.74) is -0.00768. The highest BCUT2D eigenvalue weighted by Crippen LogP contribution is 2.31. The first-order valence-corrected chi connectivity index (χ1v) is 9.40. The molecule has 0 bridgehead atoms. The first-order valence-electron chi connectivity index (χ1n) is 9.40. The van der Waals surface area contributed by atoms with E-state index in [9.17, 15) is 14.7 Å². The van der Waals surface area contributed by atoms with Crippen LogP contribution >= 0.6 is 0 Å². The number of amides is 1. The molecule has 1 aliphatic rings. The van der Waals surface area contributed by atoms with Gasteiger partial charge in [0.05, 0.1) is 11.3 Å². The van der Waals surface area contributed by atoms with Crippen LogP contribution < -0.4 is 10.9 Å². The highest BCUT2D eigenvalue weighted by Gasteiger charge is 2.39. The first kappa shape index (κ1) is 19.5. The van der Waals surface area contributed by atoms with Gasteiger partial charge in [0.2, 0.25) is 5.91 Å². The van der Waals surface area contributed by atoms with Crippen molar-refractivity contribution in [3.8, 4) is 0 Å². The monoisotopic (exact) mass is 375 g/mol. The molecule has 2 N–H and O–H groups in total. The van der Waals surface area contributed by atoms with Gasteiger partial charge in [-0.05, 0) is 25.8 Å². The fourth-order valence-corrected chi connectivity index (χ4v) is 3.40. The number of hydrogen-bond acceptors (Lipinski definition) is 5. The number of carbonyl (C=O) groups is 1. The van der Waals surface area contributed by atoms with Gasteiger partial charge in [0.1, 0.15) is 12.1 Å². The van der Waals surface area contributed by atoms with E-state index in [2.05, 4.69) is 15.5 Å². The molecule has 1 amide bonds. The van der Waals surface area contributed by atoms with E-state index >= 15 is 0 Å². The zero-order chi connectivity index (χ0) is 20.1. The van der Waals surface area contributed by atoms with Gasteiger partial charge in [-0.15, -0.1) is 0 Å². The van der Waals surface area contributed by atoms with Crippen LogP contribution in [0.3, 0.4) is 0 Å². The molecule has 2 aromatic heterocycles. The summed E-state index contributed by atoms with van der Waals surface area (Å²) in [6.45, 7) is 11.7. The van der Waals surface area contributed by atoms with Crippen LogP contribution in [0.5, 0.6) is 0 Å². The maximum atomic E-state index is 12.9. The van der Waals surface area contributed by atoms with Crippen molar-refractivity contribution in [3.05, 3.63) is 27.9 Å². The van der Waals surface area contributed by atoms with Crippen molar-refractivity contribution in [2.75, 3.05) is 0 Å². The van der Waals surface area contributed by atoms with Gasteiger partial charge < -0.3 is 10.4 Å². The highest BCUT2D eigenvalue weighted by atomic mass is 16.3. The fraction of sp³-hybridized carbons (Fsp3) is 0.684. The van der Waals surface area contributed by atoms with Crippen molar-refractivity contribution in [1.29, 1.82) is 0 Å². The molecule has 1 fully saturated rings. The summed E-state index contributed by atoms with van der Waals surface area (Å²) in [7, 11) is 0. The van der Waals surface area contributed by atoms with E-state index in [-0.39, 0.29) is 35.4 Å². The van der Waals surface area contributed by atoms with Crippen molar-refractivity contribution in [2.45, 2.75) is 83.9 Å². The van der Waals surface area contributed by atoms with Crippen LogP contribution in [0.4, 0.5) is 0 Å².